The van der Waals surface area contributed by atoms with Gasteiger partial charge in [0, 0.05) is 37.4 Å². The molecule has 0 radical (unpaired) electrons. The zero-order valence-electron chi connectivity index (χ0n) is 12.3. The second-order valence-corrected chi connectivity index (χ2v) is 5.43. The van der Waals surface area contributed by atoms with Gasteiger partial charge in [0.25, 0.3) is 5.91 Å². The minimum atomic E-state index is 0.154. The Morgan fingerprint density at radius 1 is 0.857 bits per heavy atom. The van der Waals surface area contributed by atoms with Crippen LogP contribution in [0.4, 0.5) is 5.69 Å². The predicted molar refractivity (Wildman–Crippen MR) is 85.7 cm³/mol. The van der Waals surface area contributed by atoms with Crippen molar-refractivity contribution in [3.05, 3.63) is 65.7 Å². The molecule has 0 N–H and O–H groups in total. The molecule has 3 rings (SSSR count). The van der Waals surface area contributed by atoms with Crippen LogP contribution in [0, 0.1) is 6.92 Å². The van der Waals surface area contributed by atoms with Crippen LogP contribution in [0.3, 0.4) is 0 Å². The summed E-state index contributed by atoms with van der Waals surface area (Å²) >= 11 is 0. The van der Waals surface area contributed by atoms with Crippen molar-refractivity contribution in [3.63, 3.8) is 0 Å². The highest BCUT2D eigenvalue weighted by atomic mass is 16.2. The highest BCUT2D eigenvalue weighted by molar-refractivity contribution is 5.95. The Hall–Kier alpha value is -2.29. The fraction of sp³-hybridized carbons (Fsp3) is 0.278. The molecular weight excluding hydrogens is 260 g/mol. The summed E-state index contributed by atoms with van der Waals surface area (Å²) in [6, 6.07) is 18.2. The maximum Gasteiger partial charge on any atom is 0.254 e. The van der Waals surface area contributed by atoms with Crippen molar-refractivity contribution < 1.29 is 4.79 Å². The van der Waals surface area contributed by atoms with Crippen LogP contribution in [0.5, 0.6) is 0 Å². The van der Waals surface area contributed by atoms with E-state index in [1.54, 1.807) is 0 Å². The Morgan fingerprint density at radius 3 is 2.14 bits per heavy atom. The number of hydrogen-bond donors (Lipinski definition) is 0. The molecule has 3 nitrogen and oxygen atoms in total. The largest absolute Gasteiger partial charge is 0.368 e. The van der Waals surface area contributed by atoms with Crippen molar-refractivity contribution >= 4 is 11.6 Å². The van der Waals surface area contributed by atoms with E-state index in [2.05, 4.69) is 29.2 Å². The zero-order valence-corrected chi connectivity index (χ0v) is 12.3. The number of piperazine rings is 1. The number of amides is 1. The lowest BCUT2D eigenvalue weighted by atomic mass is 10.1. The Balaban J connectivity index is 1.66. The molecule has 1 amide bonds. The summed E-state index contributed by atoms with van der Waals surface area (Å²) in [4.78, 5) is 16.9. The first-order chi connectivity index (χ1) is 10.3. The van der Waals surface area contributed by atoms with Crippen molar-refractivity contribution in [1.29, 1.82) is 0 Å². The van der Waals surface area contributed by atoms with Crippen LogP contribution < -0.4 is 4.90 Å². The summed E-state index contributed by atoms with van der Waals surface area (Å²) in [5.74, 6) is 0.154. The van der Waals surface area contributed by atoms with Crippen molar-refractivity contribution in [1.82, 2.24) is 4.90 Å². The van der Waals surface area contributed by atoms with E-state index in [-0.39, 0.29) is 5.91 Å². The molecule has 1 aliphatic heterocycles. The lowest BCUT2D eigenvalue weighted by molar-refractivity contribution is 0.0746. The first kappa shape index (κ1) is 13.7. The summed E-state index contributed by atoms with van der Waals surface area (Å²) in [5.41, 5.74) is 3.11. The minimum absolute atomic E-state index is 0.154. The molecule has 1 saturated heterocycles. The monoisotopic (exact) mass is 280 g/mol. The predicted octanol–water partition coefficient (Wildman–Crippen LogP) is 2.96. The number of anilines is 1. The maximum atomic E-state index is 12.6. The normalized spacial score (nSPS) is 15.1. The third kappa shape index (κ3) is 2.92. The lowest BCUT2D eigenvalue weighted by Crippen LogP contribution is -2.48. The molecule has 108 valence electrons. The van der Waals surface area contributed by atoms with Crippen LogP contribution in [0.2, 0.25) is 0 Å². The zero-order chi connectivity index (χ0) is 14.7. The SMILES string of the molecule is Cc1ccccc1C(=O)N1CCN(c2ccccc2)CC1. The van der Waals surface area contributed by atoms with E-state index >= 15 is 0 Å². The number of hydrogen-bond acceptors (Lipinski definition) is 2. The molecule has 1 heterocycles. The minimum Gasteiger partial charge on any atom is -0.368 e. The summed E-state index contributed by atoms with van der Waals surface area (Å²) < 4.78 is 0. The number of nitrogens with zero attached hydrogens (tertiary/aromatic N) is 2. The third-order valence-electron chi connectivity index (χ3n) is 4.06. The second kappa shape index (κ2) is 6.00. The van der Waals surface area contributed by atoms with E-state index < -0.39 is 0 Å². The topological polar surface area (TPSA) is 23.6 Å². The van der Waals surface area contributed by atoms with Gasteiger partial charge in [0.1, 0.15) is 0 Å². The van der Waals surface area contributed by atoms with E-state index in [0.29, 0.717) is 0 Å². The van der Waals surface area contributed by atoms with Gasteiger partial charge in [-0.15, -0.1) is 0 Å². The molecule has 0 atom stereocenters. The molecule has 0 aromatic heterocycles. The van der Waals surface area contributed by atoms with E-state index in [1.807, 2.05) is 42.2 Å². The smallest absolute Gasteiger partial charge is 0.254 e. The van der Waals surface area contributed by atoms with Crippen LogP contribution in [-0.2, 0) is 0 Å². The van der Waals surface area contributed by atoms with Crippen LogP contribution in [-0.4, -0.2) is 37.0 Å². The van der Waals surface area contributed by atoms with Gasteiger partial charge in [0.15, 0.2) is 0 Å². The average molecular weight is 280 g/mol. The Bertz CT molecular complexity index is 616. The van der Waals surface area contributed by atoms with Gasteiger partial charge in [-0.3, -0.25) is 4.79 Å². The van der Waals surface area contributed by atoms with E-state index in [4.69, 9.17) is 0 Å². The van der Waals surface area contributed by atoms with Gasteiger partial charge < -0.3 is 9.80 Å². The molecule has 2 aromatic rings. The molecule has 2 aromatic carbocycles. The number of carbonyl (C=O) groups is 1. The molecule has 0 spiro atoms. The van der Waals surface area contributed by atoms with E-state index in [1.165, 1.54) is 5.69 Å². The molecular formula is C18H20N2O. The van der Waals surface area contributed by atoms with Crippen molar-refractivity contribution in [2.24, 2.45) is 0 Å². The fourth-order valence-corrected chi connectivity index (χ4v) is 2.79. The Morgan fingerprint density at radius 2 is 1.48 bits per heavy atom. The average Bonchev–Trinajstić information content (AvgIpc) is 2.56. The number of para-hydroxylation sites is 1. The van der Waals surface area contributed by atoms with E-state index in [0.717, 1.165) is 37.3 Å². The lowest BCUT2D eigenvalue weighted by Gasteiger charge is -2.36. The van der Waals surface area contributed by atoms with Gasteiger partial charge in [0.05, 0.1) is 0 Å². The number of aryl methyl sites for hydroxylation is 1. The molecule has 21 heavy (non-hydrogen) atoms. The standard InChI is InChI=1S/C18H20N2O/c1-15-7-5-6-10-17(15)18(21)20-13-11-19(12-14-20)16-8-3-2-4-9-16/h2-10H,11-14H2,1H3. The van der Waals surface area contributed by atoms with Crippen LogP contribution in [0.25, 0.3) is 0 Å². The van der Waals surface area contributed by atoms with Gasteiger partial charge >= 0.3 is 0 Å². The summed E-state index contributed by atoms with van der Waals surface area (Å²) in [5, 5.41) is 0. The first-order valence-electron chi connectivity index (χ1n) is 7.40. The Labute approximate surface area is 125 Å². The molecule has 0 saturated carbocycles. The first-order valence-corrected chi connectivity index (χ1v) is 7.40. The van der Waals surface area contributed by atoms with Crippen LogP contribution in [0.15, 0.2) is 54.6 Å². The maximum absolute atomic E-state index is 12.6. The number of benzene rings is 2. The van der Waals surface area contributed by atoms with Gasteiger partial charge in [-0.2, -0.15) is 0 Å². The molecule has 3 heteroatoms. The third-order valence-corrected chi connectivity index (χ3v) is 4.06. The number of carbonyl (C=O) groups excluding carboxylic acids is 1. The molecule has 0 aliphatic carbocycles. The van der Waals surface area contributed by atoms with Gasteiger partial charge in [-0.1, -0.05) is 36.4 Å². The summed E-state index contributed by atoms with van der Waals surface area (Å²) in [7, 11) is 0. The van der Waals surface area contributed by atoms with Crippen molar-refractivity contribution in [3.8, 4) is 0 Å². The van der Waals surface area contributed by atoms with Gasteiger partial charge in [-0.05, 0) is 30.7 Å². The quantitative estimate of drug-likeness (QED) is 0.844. The molecule has 0 bridgehead atoms. The van der Waals surface area contributed by atoms with Gasteiger partial charge in [-0.25, -0.2) is 0 Å². The highest BCUT2D eigenvalue weighted by Crippen LogP contribution is 2.17. The van der Waals surface area contributed by atoms with Gasteiger partial charge in [0.2, 0.25) is 0 Å². The van der Waals surface area contributed by atoms with E-state index in [9.17, 15) is 4.79 Å². The molecule has 1 fully saturated rings. The van der Waals surface area contributed by atoms with Crippen molar-refractivity contribution in [2.75, 3.05) is 31.1 Å². The number of rotatable bonds is 2. The Kier molecular flexibility index (Phi) is 3.91. The summed E-state index contributed by atoms with van der Waals surface area (Å²) in [6.07, 6.45) is 0. The fourth-order valence-electron chi connectivity index (χ4n) is 2.79. The van der Waals surface area contributed by atoms with Crippen LogP contribution in [0.1, 0.15) is 15.9 Å². The highest BCUT2D eigenvalue weighted by Gasteiger charge is 2.22. The molecule has 1 aliphatic rings. The second-order valence-electron chi connectivity index (χ2n) is 5.43. The van der Waals surface area contributed by atoms with Crippen LogP contribution >= 0.6 is 0 Å². The van der Waals surface area contributed by atoms with Crippen molar-refractivity contribution in [2.45, 2.75) is 6.92 Å². The molecule has 0 unspecified atom stereocenters. The summed E-state index contributed by atoms with van der Waals surface area (Å²) in [6.45, 7) is 5.33.